The lowest BCUT2D eigenvalue weighted by atomic mass is 9.97. The van der Waals surface area contributed by atoms with Gasteiger partial charge in [0.1, 0.15) is 0 Å². The molecule has 0 radical (unpaired) electrons. The number of fused-ring (bicyclic) bond motifs is 1. The molecule has 1 amide bonds. The minimum atomic E-state index is -0.131. The average Bonchev–Trinajstić information content (AvgIpc) is 2.87. The summed E-state index contributed by atoms with van der Waals surface area (Å²) in [5, 5.41) is 4.13. The average molecular weight is 486 g/mol. The molecule has 1 aromatic heterocycles. The van der Waals surface area contributed by atoms with E-state index in [1.165, 1.54) is 11.8 Å². The van der Waals surface area contributed by atoms with E-state index in [-0.39, 0.29) is 23.1 Å². The first-order valence-electron chi connectivity index (χ1n) is 12.0. The van der Waals surface area contributed by atoms with Gasteiger partial charge in [0, 0.05) is 5.69 Å². The standard InChI is InChI=1S/C29H31N3O2S/c1-5-20(4)22-13-6-9-15-24(22)30-27(33)18-35-29-31-25-16-10-7-14-23(25)28(34)32(29)26-17-11-8-12-21(26)19(2)3/h6-17,19-20H,5,18H2,1-4H3,(H,30,33). The fourth-order valence-electron chi connectivity index (χ4n) is 4.18. The zero-order valence-corrected chi connectivity index (χ0v) is 21.4. The molecule has 3 aromatic carbocycles. The molecule has 35 heavy (non-hydrogen) atoms. The van der Waals surface area contributed by atoms with E-state index in [2.05, 4.69) is 39.1 Å². The molecule has 1 heterocycles. The van der Waals surface area contributed by atoms with Gasteiger partial charge >= 0.3 is 0 Å². The van der Waals surface area contributed by atoms with Crippen molar-refractivity contribution < 1.29 is 4.79 Å². The molecule has 4 rings (SSSR count). The summed E-state index contributed by atoms with van der Waals surface area (Å²) in [4.78, 5) is 31.4. The molecule has 0 spiro atoms. The molecule has 0 aliphatic carbocycles. The number of nitrogens with zero attached hydrogens (tertiary/aromatic N) is 2. The molecular formula is C29H31N3O2S. The molecule has 0 aliphatic rings. The lowest BCUT2D eigenvalue weighted by Gasteiger charge is -2.18. The van der Waals surface area contributed by atoms with Crippen molar-refractivity contribution in [2.45, 2.75) is 51.1 Å². The van der Waals surface area contributed by atoms with Crippen LogP contribution in [-0.2, 0) is 4.79 Å². The minimum absolute atomic E-state index is 0.128. The molecule has 1 atom stereocenters. The first-order chi connectivity index (χ1) is 16.9. The number of para-hydroxylation sites is 3. The molecule has 4 aromatic rings. The Morgan fingerprint density at radius 2 is 1.60 bits per heavy atom. The summed E-state index contributed by atoms with van der Waals surface area (Å²) in [5.74, 6) is 0.586. The van der Waals surface area contributed by atoms with Crippen molar-refractivity contribution in [1.29, 1.82) is 0 Å². The van der Waals surface area contributed by atoms with Crippen LogP contribution in [-0.4, -0.2) is 21.2 Å². The molecule has 0 aliphatic heterocycles. The van der Waals surface area contributed by atoms with Gasteiger partial charge in [-0.25, -0.2) is 4.98 Å². The fraction of sp³-hybridized carbons (Fsp3) is 0.276. The van der Waals surface area contributed by atoms with Crippen LogP contribution in [0.25, 0.3) is 16.6 Å². The van der Waals surface area contributed by atoms with E-state index in [0.717, 1.165) is 28.9 Å². The van der Waals surface area contributed by atoms with E-state index >= 15 is 0 Å². The SMILES string of the molecule is CCC(C)c1ccccc1NC(=O)CSc1nc2ccccc2c(=O)n1-c1ccccc1C(C)C. The van der Waals surface area contributed by atoms with Crippen LogP contribution < -0.4 is 10.9 Å². The lowest BCUT2D eigenvalue weighted by Crippen LogP contribution is -2.24. The molecular weight excluding hydrogens is 454 g/mol. The number of thioether (sulfide) groups is 1. The number of nitrogens with one attached hydrogen (secondary N) is 1. The minimum Gasteiger partial charge on any atom is -0.325 e. The van der Waals surface area contributed by atoms with Crippen molar-refractivity contribution in [3.63, 3.8) is 0 Å². The van der Waals surface area contributed by atoms with Gasteiger partial charge in [0.25, 0.3) is 5.56 Å². The second-order valence-electron chi connectivity index (χ2n) is 9.00. The Kier molecular flexibility index (Phi) is 7.71. The van der Waals surface area contributed by atoms with E-state index in [1.54, 1.807) is 10.6 Å². The van der Waals surface area contributed by atoms with Gasteiger partial charge in [-0.15, -0.1) is 0 Å². The van der Waals surface area contributed by atoms with Crippen LogP contribution in [0.2, 0.25) is 0 Å². The summed E-state index contributed by atoms with van der Waals surface area (Å²) >= 11 is 1.28. The number of hydrogen-bond acceptors (Lipinski definition) is 4. The fourth-order valence-corrected chi connectivity index (χ4v) is 4.98. The molecule has 6 heteroatoms. The number of carbonyl (C=O) groups is 1. The van der Waals surface area contributed by atoms with Crippen molar-refractivity contribution in [2.75, 3.05) is 11.1 Å². The van der Waals surface area contributed by atoms with Gasteiger partial charge in [0.2, 0.25) is 5.91 Å². The van der Waals surface area contributed by atoms with Gasteiger partial charge in [-0.2, -0.15) is 0 Å². The highest BCUT2D eigenvalue weighted by Gasteiger charge is 2.18. The van der Waals surface area contributed by atoms with E-state index < -0.39 is 0 Å². The highest BCUT2D eigenvalue weighted by molar-refractivity contribution is 7.99. The molecule has 0 bridgehead atoms. The predicted octanol–water partition coefficient (Wildman–Crippen LogP) is 6.75. The van der Waals surface area contributed by atoms with Crippen LogP contribution in [0.5, 0.6) is 0 Å². The van der Waals surface area contributed by atoms with E-state index in [0.29, 0.717) is 22.0 Å². The summed E-state index contributed by atoms with van der Waals surface area (Å²) in [7, 11) is 0. The highest BCUT2D eigenvalue weighted by atomic mass is 32.2. The van der Waals surface area contributed by atoms with Crippen LogP contribution in [0.15, 0.2) is 82.7 Å². The monoisotopic (exact) mass is 485 g/mol. The van der Waals surface area contributed by atoms with Crippen LogP contribution >= 0.6 is 11.8 Å². The van der Waals surface area contributed by atoms with E-state index in [4.69, 9.17) is 4.98 Å². The normalized spacial score (nSPS) is 12.1. The highest BCUT2D eigenvalue weighted by Crippen LogP contribution is 2.29. The smallest absolute Gasteiger partial charge is 0.266 e. The van der Waals surface area contributed by atoms with Gasteiger partial charge in [-0.1, -0.05) is 88.0 Å². The summed E-state index contributed by atoms with van der Waals surface area (Å²) in [6.07, 6.45) is 0.990. The Hall–Kier alpha value is -3.38. The Morgan fingerprint density at radius 3 is 2.34 bits per heavy atom. The third-order valence-corrected chi connectivity index (χ3v) is 7.19. The Labute approximate surface area is 210 Å². The predicted molar refractivity (Wildman–Crippen MR) is 146 cm³/mol. The lowest BCUT2D eigenvalue weighted by molar-refractivity contribution is -0.113. The maximum absolute atomic E-state index is 13.6. The molecule has 0 fully saturated rings. The largest absolute Gasteiger partial charge is 0.325 e. The summed E-state index contributed by atoms with van der Waals surface area (Å²) in [5.41, 5.74) is 4.31. The first kappa shape index (κ1) is 24.7. The molecule has 0 saturated carbocycles. The van der Waals surface area contributed by atoms with E-state index in [9.17, 15) is 9.59 Å². The number of aromatic nitrogens is 2. The van der Waals surface area contributed by atoms with Gasteiger partial charge in [-0.05, 0) is 53.6 Å². The zero-order chi connectivity index (χ0) is 24.9. The summed E-state index contributed by atoms with van der Waals surface area (Å²) < 4.78 is 1.66. The van der Waals surface area contributed by atoms with Gasteiger partial charge in [0.05, 0.1) is 22.3 Å². The molecule has 1 unspecified atom stereocenters. The molecule has 5 nitrogen and oxygen atoms in total. The van der Waals surface area contributed by atoms with Crippen molar-refractivity contribution in [1.82, 2.24) is 9.55 Å². The van der Waals surface area contributed by atoms with Crippen molar-refractivity contribution in [3.8, 4) is 5.69 Å². The van der Waals surface area contributed by atoms with E-state index in [1.807, 2.05) is 60.7 Å². The number of hydrogen-bond donors (Lipinski definition) is 1. The molecule has 0 saturated heterocycles. The van der Waals surface area contributed by atoms with Crippen LogP contribution in [0.4, 0.5) is 5.69 Å². The third kappa shape index (κ3) is 5.33. The van der Waals surface area contributed by atoms with Crippen molar-refractivity contribution >= 4 is 34.3 Å². The van der Waals surface area contributed by atoms with Crippen molar-refractivity contribution in [3.05, 3.63) is 94.3 Å². The summed E-state index contributed by atoms with van der Waals surface area (Å²) in [6.45, 7) is 8.50. The topological polar surface area (TPSA) is 64.0 Å². The molecule has 1 N–H and O–H groups in total. The zero-order valence-electron chi connectivity index (χ0n) is 20.6. The van der Waals surface area contributed by atoms with Gasteiger partial charge in [-0.3, -0.25) is 14.2 Å². The number of carbonyl (C=O) groups excluding carboxylic acids is 1. The quantitative estimate of drug-likeness (QED) is 0.221. The van der Waals surface area contributed by atoms with Crippen LogP contribution in [0.1, 0.15) is 57.1 Å². The Morgan fingerprint density at radius 1 is 0.943 bits per heavy atom. The van der Waals surface area contributed by atoms with Crippen LogP contribution in [0, 0.1) is 0 Å². The summed E-state index contributed by atoms with van der Waals surface area (Å²) in [6, 6.07) is 23.2. The maximum atomic E-state index is 13.6. The van der Waals surface area contributed by atoms with Gasteiger partial charge < -0.3 is 5.32 Å². The number of rotatable bonds is 8. The third-order valence-electron chi connectivity index (χ3n) is 6.26. The number of anilines is 1. The van der Waals surface area contributed by atoms with Crippen molar-refractivity contribution in [2.24, 2.45) is 0 Å². The van der Waals surface area contributed by atoms with Gasteiger partial charge in [0.15, 0.2) is 5.16 Å². The van der Waals surface area contributed by atoms with Crippen LogP contribution in [0.3, 0.4) is 0 Å². The maximum Gasteiger partial charge on any atom is 0.266 e. The molecule has 180 valence electrons. The number of benzene rings is 3. The second-order valence-corrected chi connectivity index (χ2v) is 9.94. The Bertz CT molecular complexity index is 1410. The first-order valence-corrected chi connectivity index (χ1v) is 13.0. The number of amides is 1. The second kappa shape index (κ2) is 10.9. The Balaban J connectivity index is 1.69.